The first-order valence-electron chi connectivity index (χ1n) is 7.15. The Labute approximate surface area is 120 Å². The van der Waals surface area contributed by atoms with Crippen molar-refractivity contribution >= 4 is 5.91 Å². The summed E-state index contributed by atoms with van der Waals surface area (Å²) < 4.78 is 10.5. The highest BCUT2D eigenvalue weighted by Gasteiger charge is 2.18. The summed E-state index contributed by atoms with van der Waals surface area (Å²) in [5, 5.41) is 3.11. The molecule has 1 aromatic carbocycles. The van der Waals surface area contributed by atoms with Gasteiger partial charge < -0.3 is 14.8 Å². The number of amides is 1. The molecule has 4 heteroatoms. The van der Waals surface area contributed by atoms with E-state index in [9.17, 15) is 4.79 Å². The molecule has 2 rings (SSSR count). The standard InChI is InChI=1S/C16H23NO3/c1-11-8-14(19-2)15(20-3)9-12(11)10-16(18)17-13-6-4-5-7-13/h8-9,13H,4-7,10H2,1-3H3,(H,17,18). The lowest BCUT2D eigenvalue weighted by atomic mass is 10.0. The van der Waals surface area contributed by atoms with Crippen molar-refractivity contribution in [2.75, 3.05) is 14.2 Å². The molecule has 0 heterocycles. The van der Waals surface area contributed by atoms with Crippen molar-refractivity contribution in [3.05, 3.63) is 23.3 Å². The zero-order valence-electron chi connectivity index (χ0n) is 12.5. The van der Waals surface area contributed by atoms with E-state index >= 15 is 0 Å². The van der Waals surface area contributed by atoms with Crippen molar-refractivity contribution in [2.24, 2.45) is 0 Å². The maximum Gasteiger partial charge on any atom is 0.224 e. The van der Waals surface area contributed by atoms with Gasteiger partial charge in [0.2, 0.25) is 5.91 Å². The fourth-order valence-corrected chi connectivity index (χ4v) is 2.73. The van der Waals surface area contributed by atoms with Gasteiger partial charge in [-0.3, -0.25) is 4.79 Å². The second-order valence-corrected chi connectivity index (χ2v) is 5.36. The van der Waals surface area contributed by atoms with Crippen LogP contribution in [0.25, 0.3) is 0 Å². The van der Waals surface area contributed by atoms with Crippen molar-refractivity contribution in [1.82, 2.24) is 5.32 Å². The van der Waals surface area contributed by atoms with Crippen molar-refractivity contribution in [3.63, 3.8) is 0 Å². The Hall–Kier alpha value is -1.71. The third kappa shape index (κ3) is 3.44. The average molecular weight is 277 g/mol. The molecule has 1 fully saturated rings. The van der Waals surface area contributed by atoms with E-state index in [2.05, 4.69) is 5.32 Å². The molecule has 1 N–H and O–H groups in total. The van der Waals surface area contributed by atoms with Crippen LogP contribution in [0.4, 0.5) is 0 Å². The lowest BCUT2D eigenvalue weighted by Gasteiger charge is -2.15. The number of aryl methyl sites for hydroxylation is 1. The van der Waals surface area contributed by atoms with E-state index in [4.69, 9.17) is 9.47 Å². The Morgan fingerprint density at radius 1 is 1.20 bits per heavy atom. The number of hydrogen-bond donors (Lipinski definition) is 1. The molecule has 4 nitrogen and oxygen atoms in total. The van der Waals surface area contributed by atoms with Gasteiger partial charge in [-0.15, -0.1) is 0 Å². The first kappa shape index (κ1) is 14.7. The molecule has 0 spiro atoms. The van der Waals surface area contributed by atoms with Gasteiger partial charge in [-0.2, -0.15) is 0 Å². The Kier molecular flexibility index (Phi) is 4.88. The molecule has 110 valence electrons. The molecular weight excluding hydrogens is 254 g/mol. The first-order chi connectivity index (χ1) is 9.63. The summed E-state index contributed by atoms with van der Waals surface area (Å²) in [4.78, 5) is 12.1. The summed E-state index contributed by atoms with van der Waals surface area (Å²) in [6.07, 6.45) is 5.05. The lowest BCUT2D eigenvalue weighted by Crippen LogP contribution is -2.33. The Morgan fingerprint density at radius 3 is 2.40 bits per heavy atom. The van der Waals surface area contributed by atoms with Gasteiger partial charge in [-0.05, 0) is 43.0 Å². The molecule has 1 amide bonds. The minimum Gasteiger partial charge on any atom is -0.493 e. The van der Waals surface area contributed by atoms with Crippen LogP contribution in [0.1, 0.15) is 36.8 Å². The summed E-state index contributed by atoms with van der Waals surface area (Å²) in [5.41, 5.74) is 2.03. The van der Waals surface area contributed by atoms with Crippen molar-refractivity contribution in [3.8, 4) is 11.5 Å². The van der Waals surface area contributed by atoms with Gasteiger partial charge in [-0.25, -0.2) is 0 Å². The molecule has 0 radical (unpaired) electrons. The number of ether oxygens (including phenoxy) is 2. The molecule has 0 bridgehead atoms. The summed E-state index contributed by atoms with van der Waals surface area (Å²) in [6.45, 7) is 1.99. The molecule has 1 aliphatic carbocycles. The number of benzene rings is 1. The highest BCUT2D eigenvalue weighted by atomic mass is 16.5. The summed E-state index contributed by atoms with van der Waals surface area (Å²) in [6, 6.07) is 4.17. The molecule has 1 aromatic rings. The molecule has 0 saturated heterocycles. The van der Waals surface area contributed by atoms with E-state index in [0.29, 0.717) is 24.0 Å². The maximum absolute atomic E-state index is 12.1. The van der Waals surface area contributed by atoms with Crippen LogP contribution in [-0.2, 0) is 11.2 Å². The molecule has 0 aliphatic heterocycles. The van der Waals surface area contributed by atoms with Crippen LogP contribution in [0.3, 0.4) is 0 Å². The minimum atomic E-state index is 0.0900. The number of hydrogen-bond acceptors (Lipinski definition) is 3. The fraction of sp³-hybridized carbons (Fsp3) is 0.562. The summed E-state index contributed by atoms with van der Waals surface area (Å²) in [5.74, 6) is 1.46. The van der Waals surface area contributed by atoms with Crippen molar-refractivity contribution < 1.29 is 14.3 Å². The van der Waals surface area contributed by atoms with Gasteiger partial charge in [0.05, 0.1) is 20.6 Å². The van der Waals surface area contributed by atoms with Crippen LogP contribution in [0.5, 0.6) is 11.5 Å². The fourth-order valence-electron chi connectivity index (χ4n) is 2.73. The van der Waals surface area contributed by atoms with Gasteiger partial charge in [0, 0.05) is 6.04 Å². The molecule has 1 saturated carbocycles. The third-order valence-corrected chi connectivity index (χ3v) is 3.91. The van der Waals surface area contributed by atoms with Crippen LogP contribution in [0.2, 0.25) is 0 Å². The van der Waals surface area contributed by atoms with Crippen molar-refractivity contribution in [2.45, 2.75) is 45.1 Å². The quantitative estimate of drug-likeness (QED) is 0.900. The van der Waals surface area contributed by atoms with Crippen LogP contribution in [0, 0.1) is 6.92 Å². The monoisotopic (exact) mass is 277 g/mol. The maximum atomic E-state index is 12.1. The molecule has 0 aromatic heterocycles. The molecule has 20 heavy (non-hydrogen) atoms. The lowest BCUT2D eigenvalue weighted by molar-refractivity contribution is -0.121. The Bertz CT molecular complexity index is 479. The Balaban J connectivity index is 2.06. The molecular formula is C16H23NO3. The van der Waals surface area contributed by atoms with Gasteiger partial charge in [0.15, 0.2) is 11.5 Å². The van der Waals surface area contributed by atoms with Crippen LogP contribution < -0.4 is 14.8 Å². The second-order valence-electron chi connectivity index (χ2n) is 5.36. The predicted molar refractivity (Wildman–Crippen MR) is 78.4 cm³/mol. The third-order valence-electron chi connectivity index (χ3n) is 3.91. The smallest absolute Gasteiger partial charge is 0.224 e. The number of nitrogens with one attached hydrogen (secondary N) is 1. The number of methoxy groups -OCH3 is 2. The van der Waals surface area contributed by atoms with Crippen LogP contribution in [0.15, 0.2) is 12.1 Å². The average Bonchev–Trinajstić information content (AvgIpc) is 2.93. The van der Waals surface area contributed by atoms with Gasteiger partial charge in [0.25, 0.3) is 0 Å². The van der Waals surface area contributed by atoms with E-state index in [0.717, 1.165) is 24.0 Å². The van der Waals surface area contributed by atoms with Gasteiger partial charge in [0.1, 0.15) is 0 Å². The number of rotatable bonds is 5. The summed E-state index contributed by atoms with van der Waals surface area (Å²) >= 11 is 0. The topological polar surface area (TPSA) is 47.6 Å². The van der Waals surface area contributed by atoms with Crippen LogP contribution >= 0.6 is 0 Å². The van der Waals surface area contributed by atoms with Crippen LogP contribution in [-0.4, -0.2) is 26.2 Å². The van der Waals surface area contributed by atoms with Crippen molar-refractivity contribution in [1.29, 1.82) is 0 Å². The van der Waals surface area contributed by atoms with E-state index in [-0.39, 0.29) is 5.91 Å². The molecule has 1 aliphatic rings. The van der Waals surface area contributed by atoms with E-state index in [1.165, 1.54) is 12.8 Å². The second kappa shape index (κ2) is 6.64. The van der Waals surface area contributed by atoms with Gasteiger partial charge >= 0.3 is 0 Å². The first-order valence-corrected chi connectivity index (χ1v) is 7.15. The normalized spacial score (nSPS) is 15.2. The van der Waals surface area contributed by atoms with E-state index < -0.39 is 0 Å². The molecule has 0 unspecified atom stereocenters. The summed E-state index contributed by atoms with van der Waals surface area (Å²) in [7, 11) is 3.22. The SMILES string of the molecule is COc1cc(C)c(CC(=O)NC2CCCC2)cc1OC. The molecule has 0 atom stereocenters. The largest absolute Gasteiger partial charge is 0.493 e. The van der Waals surface area contributed by atoms with Gasteiger partial charge in [-0.1, -0.05) is 12.8 Å². The van der Waals surface area contributed by atoms with E-state index in [1.54, 1.807) is 14.2 Å². The Morgan fingerprint density at radius 2 is 1.80 bits per heavy atom. The number of carbonyl (C=O) groups is 1. The zero-order chi connectivity index (χ0) is 14.5. The zero-order valence-corrected chi connectivity index (χ0v) is 12.5. The minimum absolute atomic E-state index is 0.0900. The highest BCUT2D eigenvalue weighted by Crippen LogP contribution is 2.30. The highest BCUT2D eigenvalue weighted by molar-refractivity contribution is 5.79. The van der Waals surface area contributed by atoms with E-state index in [1.807, 2.05) is 19.1 Å². The number of carbonyl (C=O) groups excluding carboxylic acids is 1. The predicted octanol–water partition coefficient (Wildman–Crippen LogP) is 2.61.